The highest BCUT2D eigenvalue weighted by atomic mass is 16.5. The Labute approximate surface area is 125 Å². The van der Waals surface area contributed by atoms with Crippen molar-refractivity contribution in [1.29, 1.82) is 0 Å². The normalized spacial score (nSPS) is 31.8. The van der Waals surface area contributed by atoms with E-state index in [1.807, 2.05) is 0 Å². The molecule has 0 spiro atoms. The summed E-state index contributed by atoms with van der Waals surface area (Å²) in [5.74, 6) is 0.867. The third-order valence-electron chi connectivity index (χ3n) is 4.83. The largest absolute Gasteiger partial charge is 0.377 e. The lowest BCUT2D eigenvalue weighted by Gasteiger charge is -2.35. The highest BCUT2D eigenvalue weighted by molar-refractivity contribution is 4.86. The first-order valence-corrected chi connectivity index (χ1v) is 8.90. The summed E-state index contributed by atoms with van der Waals surface area (Å²) in [6.45, 7) is 10.3. The SMILES string of the molecule is CCCNC1CCCC1CN1CCCC(OCCC)C1. The maximum Gasteiger partial charge on any atom is 0.0702 e. The molecule has 2 rings (SSSR count). The molecule has 118 valence electrons. The van der Waals surface area contributed by atoms with Crippen molar-refractivity contribution >= 4 is 0 Å². The van der Waals surface area contributed by atoms with Gasteiger partial charge in [-0.15, -0.1) is 0 Å². The maximum atomic E-state index is 5.96. The summed E-state index contributed by atoms with van der Waals surface area (Å²) in [4.78, 5) is 2.67. The summed E-state index contributed by atoms with van der Waals surface area (Å²) in [7, 11) is 0. The lowest BCUT2D eigenvalue weighted by Crippen LogP contribution is -2.45. The summed E-state index contributed by atoms with van der Waals surface area (Å²) < 4.78 is 5.96. The zero-order valence-corrected chi connectivity index (χ0v) is 13.6. The maximum absolute atomic E-state index is 5.96. The van der Waals surface area contributed by atoms with Gasteiger partial charge in [0.25, 0.3) is 0 Å². The summed E-state index contributed by atoms with van der Waals surface area (Å²) >= 11 is 0. The van der Waals surface area contributed by atoms with Gasteiger partial charge >= 0.3 is 0 Å². The van der Waals surface area contributed by atoms with Crippen LogP contribution in [0.5, 0.6) is 0 Å². The zero-order valence-electron chi connectivity index (χ0n) is 13.6. The van der Waals surface area contributed by atoms with Crippen molar-refractivity contribution in [2.24, 2.45) is 5.92 Å². The van der Waals surface area contributed by atoms with Crippen LogP contribution in [0.2, 0.25) is 0 Å². The van der Waals surface area contributed by atoms with Gasteiger partial charge in [0, 0.05) is 25.7 Å². The lowest BCUT2D eigenvalue weighted by molar-refractivity contribution is -0.00455. The summed E-state index contributed by atoms with van der Waals surface area (Å²) in [6, 6.07) is 0.770. The predicted octanol–water partition coefficient (Wildman–Crippen LogP) is 3.05. The quantitative estimate of drug-likeness (QED) is 0.740. The number of nitrogens with one attached hydrogen (secondary N) is 1. The van der Waals surface area contributed by atoms with Gasteiger partial charge in [0.05, 0.1) is 6.10 Å². The monoisotopic (exact) mass is 282 g/mol. The van der Waals surface area contributed by atoms with Gasteiger partial charge in [0.15, 0.2) is 0 Å². The molecule has 1 N–H and O–H groups in total. The third-order valence-corrected chi connectivity index (χ3v) is 4.83. The van der Waals surface area contributed by atoms with E-state index in [4.69, 9.17) is 4.74 Å². The number of nitrogens with zero attached hydrogens (tertiary/aromatic N) is 1. The molecule has 2 fully saturated rings. The number of piperidine rings is 1. The number of hydrogen-bond donors (Lipinski definition) is 1. The second-order valence-electron chi connectivity index (χ2n) is 6.65. The molecule has 0 bridgehead atoms. The van der Waals surface area contributed by atoms with Gasteiger partial charge in [-0.1, -0.05) is 20.3 Å². The Bertz CT molecular complexity index is 259. The van der Waals surface area contributed by atoms with E-state index in [9.17, 15) is 0 Å². The van der Waals surface area contributed by atoms with Crippen molar-refractivity contribution in [3.05, 3.63) is 0 Å². The van der Waals surface area contributed by atoms with Crippen LogP contribution in [-0.4, -0.2) is 49.8 Å². The lowest BCUT2D eigenvalue weighted by atomic mass is 10.00. The van der Waals surface area contributed by atoms with Gasteiger partial charge in [0.2, 0.25) is 0 Å². The van der Waals surface area contributed by atoms with Crippen molar-refractivity contribution in [1.82, 2.24) is 10.2 Å². The summed E-state index contributed by atoms with van der Waals surface area (Å²) in [5.41, 5.74) is 0. The van der Waals surface area contributed by atoms with E-state index in [1.54, 1.807) is 0 Å². The average molecular weight is 282 g/mol. The second kappa shape index (κ2) is 9.01. The van der Waals surface area contributed by atoms with Gasteiger partial charge in [-0.3, -0.25) is 0 Å². The van der Waals surface area contributed by atoms with E-state index in [1.165, 1.54) is 58.2 Å². The van der Waals surface area contributed by atoms with Gasteiger partial charge in [0.1, 0.15) is 0 Å². The molecule has 1 aliphatic heterocycles. The van der Waals surface area contributed by atoms with Crippen LogP contribution in [0.1, 0.15) is 58.8 Å². The van der Waals surface area contributed by atoms with E-state index in [0.29, 0.717) is 6.10 Å². The number of ether oxygens (including phenoxy) is 1. The molecular weight excluding hydrogens is 248 g/mol. The van der Waals surface area contributed by atoms with Crippen LogP contribution >= 0.6 is 0 Å². The average Bonchev–Trinajstić information content (AvgIpc) is 2.90. The van der Waals surface area contributed by atoms with Crippen LogP contribution in [0.15, 0.2) is 0 Å². The van der Waals surface area contributed by atoms with E-state index in [0.717, 1.165) is 31.5 Å². The first-order valence-electron chi connectivity index (χ1n) is 8.90. The topological polar surface area (TPSA) is 24.5 Å². The fourth-order valence-corrected chi connectivity index (χ4v) is 3.78. The van der Waals surface area contributed by atoms with E-state index in [-0.39, 0.29) is 0 Å². The predicted molar refractivity (Wildman–Crippen MR) is 85.1 cm³/mol. The summed E-state index contributed by atoms with van der Waals surface area (Å²) in [6.07, 6.45) is 9.67. The highest BCUT2D eigenvalue weighted by Gasteiger charge is 2.30. The molecule has 1 heterocycles. The van der Waals surface area contributed by atoms with Gasteiger partial charge < -0.3 is 15.0 Å². The van der Waals surface area contributed by atoms with Crippen molar-refractivity contribution in [3.63, 3.8) is 0 Å². The molecule has 0 aromatic carbocycles. The molecule has 20 heavy (non-hydrogen) atoms. The molecule has 0 aromatic heterocycles. The number of hydrogen-bond acceptors (Lipinski definition) is 3. The van der Waals surface area contributed by atoms with Gasteiger partial charge in [-0.05, 0) is 57.5 Å². The van der Waals surface area contributed by atoms with Crippen LogP contribution in [0.3, 0.4) is 0 Å². The molecule has 3 nitrogen and oxygen atoms in total. The molecule has 0 radical (unpaired) electrons. The van der Waals surface area contributed by atoms with E-state index in [2.05, 4.69) is 24.1 Å². The van der Waals surface area contributed by atoms with Crippen LogP contribution in [0.25, 0.3) is 0 Å². The minimum absolute atomic E-state index is 0.493. The summed E-state index contributed by atoms with van der Waals surface area (Å²) in [5, 5.41) is 3.76. The molecule has 0 amide bonds. The molecule has 1 saturated carbocycles. The first kappa shape index (κ1) is 16.3. The zero-order chi connectivity index (χ0) is 14.2. The van der Waals surface area contributed by atoms with Crippen molar-refractivity contribution in [2.75, 3.05) is 32.8 Å². The Hall–Kier alpha value is -0.120. The molecule has 1 aliphatic carbocycles. The minimum atomic E-state index is 0.493. The number of rotatable bonds is 8. The fourth-order valence-electron chi connectivity index (χ4n) is 3.78. The van der Waals surface area contributed by atoms with E-state index >= 15 is 0 Å². The number of likely N-dealkylation sites (tertiary alicyclic amines) is 1. The molecule has 3 atom stereocenters. The van der Waals surface area contributed by atoms with Crippen molar-refractivity contribution in [2.45, 2.75) is 70.9 Å². The molecule has 3 heteroatoms. The molecule has 3 unspecified atom stereocenters. The van der Waals surface area contributed by atoms with Crippen molar-refractivity contribution in [3.8, 4) is 0 Å². The van der Waals surface area contributed by atoms with Crippen LogP contribution in [-0.2, 0) is 4.74 Å². The first-order chi connectivity index (χ1) is 9.83. The van der Waals surface area contributed by atoms with Gasteiger partial charge in [-0.2, -0.15) is 0 Å². The fraction of sp³-hybridized carbons (Fsp3) is 1.00. The highest BCUT2D eigenvalue weighted by Crippen LogP contribution is 2.27. The third kappa shape index (κ3) is 5.01. The Morgan fingerprint density at radius 2 is 2.00 bits per heavy atom. The van der Waals surface area contributed by atoms with Gasteiger partial charge in [-0.25, -0.2) is 0 Å². The molecular formula is C17H34N2O. The minimum Gasteiger partial charge on any atom is -0.377 e. The Morgan fingerprint density at radius 1 is 1.10 bits per heavy atom. The van der Waals surface area contributed by atoms with Crippen LogP contribution in [0, 0.1) is 5.92 Å². The molecule has 2 aliphatic rings. The van der Waals surface area contributed by atoms with Crippen molar-refractivity contribution < 1.29 is 4.74 Å². The Morgan fingerprint density at radius 3 is 2.80 bits per heavy atom. The standard InChI is InChI=1S/C17H34N2O/c1-3-10-18-17-9-5-7-15(17)13-19-11-6-8-16(14-19)20-12-4-2/h15-18H,3-14H2,1-2H3. The van der Waals surface area contributed by atoms with E-state index < -0.39 is 0 Å². The Balaban J connectivity index is 1.73. The molecule has 0 aromatic rings. The Kier molecular flexibility index (Phi) is 7.32. The smallest absolute Gasteiger partial charge is 0.0702 e. The molecule has 1 saturated heterocycles. The second-order valence-corrected chi connectivity index (χ2v) is 6.65. The van der Waals surface area contributed by atoms with Crippen LogP contribution < -0.4 is 5.32 Å². The van der Waals surface area contributed by atoms with Crippen LogP contribution in [0.4, 0.5) is 0 Å².